The summed E-state index contributed by atoms with van der Waals surface area (Å²) in [7, 11) is 0. The Kier molecular flexibility index (Phi) is 6.65. The molecule has 4 bridgehead atoms. The Labute approximate surface area is 216 Å². The van der Waals surface area contributed by atoms with Crippen LogP contribution in [0, 0.1) is 29.7 Å². The average Bonchev–Trinajstić information content (AvgIpc) is 2.86. The molecule has 0 spiro atoms. The quantitative estimate of drug-likeness (QED) is 0.297. The summed E-state index contributed by atoms with van der Waals surface area (Å²) >= 11 is 0. The molecule has 0 heterocycles. The van der Waals surface area contributed by atoms with Crippen LogP contribution in [0.5, 0.6) is 0 Å². The Morgan fingerprint density at radius 1 is 0.676 bits per heavy atom. The number of hydrogen-bond donors (Lipinski definition) is 0. The molecular weight excluding hydrogens is 407 g/mol. The van der Waals surface area contributed by atoms with E-state index >= 15 is 0 Å². The molecule has 4 saturated carbocycles. The molecule has 3 aromatic carbocycles. The number of rotatable bonds is 7. The second-order valence-electron chi connectivity index (χ2n) is 10.8. The van der Waals surface area contributed by atoms with Crippen molar-refractivity contribution in [2.45, 2.75) is 50.2 Å². The van der Waals surface area contributed by atoms with Crippen LogP contribution in [0.25, 0.3) is 0 Å². The van der Waals surface area contributed by atoms with Crippen LogP contribution in [0.1, 0.15) is 55.2 Å². The maximum Gasteiger partial charge on any atom is 1.00 e. The second kappa shape index (κ2) is 9.54. The minimum atomic E-state index is -0.715. The first-order valence-electron chi connectivity index (χ1n) is 12.6. The first-order valence-corrected chi connectivity index (χ1v) is 12.6. The van der Waals surface area contributed by atoms with Gasteiger partial charge in [-0.3, -0.25) is 0 Å². The third-order valence-electron chi connectivity index (χ3n) is 8.71. The van der Waals surface area contributed by atoms with Crippen LogP contribution >= 0.6 is 0 Å². The molecule has 168 valence electrons. The van der Waals surface area contributed by atoms with Gasteiger partial charge in [-0.2, -0.15) is 0 Å². The van der Waals surface area contributed by atoms with E-state index in [-0.39, 0.29) is 30.4 Å². The van der Waals surface area contributed by atoms with Gasteiger partial charge in [0, 0.05) is 0 Å². The van der Waals surface area contributed by atoms with Crippen LogP contribution in [-0.4, -0.2) is 6.10 Å². The summed E-state index contributed by atoms with van der Waals surface area (Å²) in [4.78, 5) is 0. The molecule has 1 nitrogen and oxygen atoms in total. The van der Waals surface area contributed by atoms with Gasteiger partial charge in [0.25, 0.3) is 0 Å². The van der Waals surface area contributed by atoms with Gasteiger partial charge < -0.3 is 11.3 Å². The summed E-state index contributed by atoms with van der Waals surface area (Å²) < 4.78 is 7.45. The van der Waals surface area contributed by atoms with Crippen molar-refractivity contribution in [1.29, 1.82) is 0 Å². The molecule has 0 N–H and O–H groups in total. The molecule has 7 rings (SSSR count). The average molecular weight is 441 g/mol. The topological polar surface area (TPSA) is 9.23 Å². The minimum Gasteiger partial charge on any atom is -0.515 e. The number of ether oxygens (including phenoxy) is 1. The summed E-state index contributed by atoms with van der Waals surface area (Å²) in [5.74, 6) is 2.55. The zero-order valence-corrected chi connectivity index (χ0v) is 20.3. The standard InChI is InChI=1S/C32H33O.Li/c1-2-30(31-21-24-18-25(22-31)20-26(19-24)23-31)33-32(27-12-6-3-7-13-27,28-14-8-4-9-15-28)29-16-10-5-11-17-29;/h1-17,24-26,30H,18-23H2;/q-1;+1. The maximum absolute atomic E-state index is 7.45. The molecule has 0 aliphatic heterocycles. The fourth-order valence-electron chi connectivity index (χ4n) is 7.81. The Morgan fingerprint density at radius 2 is 1.03 bits per heavy atom. The molecule has 0 saturated heterocycles. The SMILES string of the molecule is [CH-]=CC(OC(c1ccccc1)(c1ccccc1)c1ccccc1)C12CC3CC(CC(C3)C1)C2.[Li+]. The molecule has 0 radical (unpaired) electrons. The first-order chi connectivity index (χ1) is 16.2. The van der Waals surface area contributed by atoms with E-state index < -0.39 is 5.60 Å². The summed E-state index contributed by atoms with van der Waals surface area (Å²) in [6.07, 6.45) is 9.81. The van der Waals surface area contributed by atoms with Crippen molar-refractivity contribution in [2.75, 3.05) is 0 Å². The van der Waals surface area contributed by atoms with E-state index in [2.05, 4.69) is 91.0 Å². The van der Waals surface area contributed by atoms with Crippen LogP contribution in [-0.2, 0) is 10.3 Å². The molecule has 4 fully saturated rings. The van der Waals surface area contributed by atoms with Gasteiger partial charge in [0.15, 0.2) is 0 Å². The van der Waals surface area contributed by atoms with Gasteiger partial charge in [0.2, 0.25) is 0 Å². The Morgan fingerprint density at radius 3 is 1.35 bits per heavy atom. The van der Waals surface area contributed by atoms with Crippen LogP contribution < -0.4 is 18.9 Å². The van der Waals surface area contributed by atoms with Crippen molar-refractivity contribution in [3.8, 4) is 0 Å². The fourth-order valence-corrected chi connectivity index (χ4v) is 7.81. The molecule has 0 aromatic heterocycles. The van der Waals surface area contributed by atoms with Gasteiger partial charge in [0.05, 0.1) is 6.10 Å². The smallest absolute Gasteiger partial charge is 0.515 e. The summed E-state index contributed by atoms with van der Waals surface area (Å²) in [5, 5.41) is 0. The van der Waals surface area contributed by atoms with Gasteiger partial charge in [-0.1, -0.05) is 91.0 Å². The van der Waals surface area contributed by atoms with Gasteiger partial charge in [-0.05, 0) is 78.4 Å². The summed E-state index contributed by atoms with van der Waals surface area (Å²) in [5.41, 5.74) is 2.90. The van der Waals surface area contributed by atoms with Crippen LogP contribution in [0.3, 0.4) is 0 Å². The van der Waals surface area contributed by atoms with Crippen molar-refractivity contribution in [2.24, 2.45) is 23.2 Å². The normalized spacial score (nSPS) is 28.2. The molecule has 2 heteroatoms. The van der Waals surface area contributed by atoms with E-state index in [1.54, 1.807) is 0 Å². The molecule has 3 aromatic rings. The van der Waals surface area contributed by atoms with Gasteiger partial charge in [-0.25, -0.2) is 6.08 Å². The van der Waals surface area contributed by atoms with E-state index in [0.29, 0.717) is 0 Å². The van der Waals surface area contributed by atoms with Crippen molar-refractivity contribution in [1.82, 2.24) is 0 Å². The summed E-state index contributed by atoms with van der Waals surface area (Å²) in [6.45, 7) is 6.49. The Bertz CT molecular complexity index is 960. The van der Waals surface area contributed by atoms with E-state index in [9.17, 15) is 0 Å². The van der Waals surface area contributed by atoms with Gasteiger partial charge in [0.1, 0.15) is 5.60 Å². The molecule has 1 unspecified atom stereocenters. The predicted octanol–water partition coefficient (Wildman–Crippen LogP) is 4.57. The van der Waals surface area contributed by atoms with Crippen molar-refractivity contribution in [3.63, 3.8) is 0 Å². The summed E-state index contributed by atoms with van der Waals surface area (Å²) in [6, 6.07) is 32.1. The van der Waals surface area contributed by atoms with E-state index in [0.717, 1.165) is 34.4 Å². The zero-order valence-electron chi connectivity index (χ0n) is 20.3. The van der Waals surface area contributed by atoms with Crippen molar-refractivity contribution in [3.05, 3.63) is 120 Å². The zero-order chi connectivity index (χ0) is 22.3. The fraction of sp³-hybridized carbons (Fsp3) is 0.375. The maximum atomic E-state index is 7.45. The third kappa shape index (κ3) is 3.93. The molecule has 4 aliphatic rings. The molecular formula is C32H33LiO. The largest absolute Gasteiger partial charge is 1.00 e. The predicted molar refractivity (Wildman–Crippen MR) is 134 cm³/mol. The van der Waals surface area contributed by atoms with Gasteiger partial charge >= 0.3 is 18.9 Å². The molecule has 1 atom stereocenters. The van der Waals surface area contributed by atoms with Crippen molar-refractivity contribution < 1.29 is 23.6 Å². The number of hydrogen-bond acceptors (Lipinski definition) is 1. The number of benzene rings is 3. The Hall–Kier alpha value is -2.04. The third-order valence-corrected chi connectivity index (χ3v) is 8.71. The van der Waals surface area contributed by atoms with Crippen LogP contribution in [0.15, 0.2) is 97.1 Å². The van der Waals surface area contributed by atoms with E-state index in [1.807, 2.05) is 6.08 Å². The van der Waals surface area contributed by atoms with E-state index in [4.69, 9.17) is 11.3 Å². The second-order valence-corrected chi connectivity index (χ2v) is 10.8. The van der Waals surface area contributed by atoms with E-state index in [1.165, 1.54) is 38.5 Å². The molecule has 34 heavy (non-hydrogen) atoms. The van der Waals surface area contributed by atoms with Crippen LogP contribution in [0.2, 0.25) is 0 Å². The van der Waals surface area contributed by atoms with Gasteiger partial charge in [-0.15, -0.1) is 0 Å². The first kappa shape index (κ1) is 23.7. The van der Waals surface area contributed by atoms with Crippen LogP contribution in [0.4, 0.5) is 0 Å². The minimum absolute atomic E-state index is 0. The monoisotopic (exact) mass is 440 g/mol. The van der Waals surface area contributed by atoms with Crippen molar-refractivity contribution >= 4 is 0 Å². The molecule has 4 aliphatic carbocycles. The Balaban J connectivity index is 0.00000241. The molecule has 0 amide bonds.